The highest BCUT2D eigenvalue weighted by atomic mass is 32.2. The van der Waals surface area contributed by atoms with Gasteiger partial charge in [0.15, 0.2) is 0 Å². The van der Waals surface area contributed by atoms with E-state index in [0.717, 1.165) is 24.6 Å². The number of fused-ring (bicyclic) bond motifs is 1. The van der Waals surface area contributed by atoms with Crippen LogP contribution in [0.3, 0.4) is 0 Å². The molecule has 0 aliphatic carbocycles. The number of rotatable bonds is 10. The first-order chi connectivity index (χ1) is 17.4. The Balaban J connectivity index is 0.000000371. The van der Waals surface area contributed by atoms with E-state index < -0.39 is 21.9 Å². The Labute approximate surface area is 216 Å². The van der Waals surface area contributed by atoms with Crippen LogP contribution in [0.15, 0.2) is 66.7 Å². The van der Waals surface area contributed by atoms with Gasteiger partial charge in [-0.05, 0) is 60.7 Å². The normalized spacial score (nSPS) is 12.5. The van der Waals surface area contributed by atoms with Gasteiger partial charge in [0.05, 0.1) is 11.3 Å². The highest BCUT2D eigenvalue weighted by Crippen LogP contribution is 2.29. The lowest BCUT2D eigenvalue weighted by atomic mass is 9.99. The van der Waals surface area contributed by atoms with Crippen molar-refractivity contribution in [2.75, 3.05) is 18.8 Å². The van der Waals surface area contributed by atoms with Gasteiger partial charge in [-0.1, -0.05) is 60.7 Å². The second-order valence-corrected chi connectivity index (χ2v) is 10.2. The maximum Gasteiger partial charge on any atom is 0.416 e. The van der Waals surface area contributed by atoms with Crippen LogP contribution in [-0.4, -0.2) is 37.7 Å². The summed E-state index contributed by atoms with van der Waals surface area (Å²) in [6.07, 6.45) is -2.63. The van der Waals surface area contributed by atoms with Crippen LogP contribution in [0.4, 0.5) is 13.2 Å². The van der Waals surface area contributed by atoms with Gasteiger partial charge in [0.2, 0.25) is 5.91 Å². The Morgan fingerprint density at radius 1 is 0.973 bits per heavy atom. The average Bonchev–Trinajstić information content (AvgIpc) is 2.83. The number of alkyl halides is 3. The third-order valence-electron chi connectivity index (χ3n) is 5.59. The molecule has 37 heavy (non-hydrogen) atoms. The summed E-state index contributed by atoms with van der Waals surface area (Å²) in [5.74, 6) is -0.520. The SMILES string of the molecule is CC(=O)NCCCS(=O)(=O)O.C[C@@H](NCCCc1cccc(C(F)(F)F)c1)c1cccc2ccccc12. The maximum absolute atomic E-state index is 12.8. The van der Waals surface area contributed by atoms with E-state index in [9.17, 15) is 26.4 Å². The summed E-state index contributed by atoms with van der Waals surface area (Å²) in [5.41, 5.74) is 1.38. The Bertz CT molecular complexity index is 1260. The Hall–Kier alpha value is -2.95. The molecular weight excluding hydrogens is 505 g/mol. The van der Waals surface area contributed by atoms with Gasteiger partial charge in [-0.2, -0.15) is 21.6 Å². The molecule has 3 aromatic carbocycles. The molecule has 0 radical (unpaired) electrons. The number of hydrogen-bond donors (Lipinski definition) is 3. The smallest absolute Gasteiger partial charge is 0.356 e. The van der Waals surface area contributed by atoms with Gasteiger partial charge in [-0.3, -0.25) is 9.35 Å². The van der Waals surface area contributed by atoms with Gasteiger partial charge in [-0.15, -0.1) is 0 Å². The number of halogens is 3. The minimum atomic E-state index is -4.28. The van der Waals surface area contributed by atoms with E-state index in [0.29, 0.717) is 6.42 Å². The number of benzene rings is 3. The van der Waals surface area contributed by atoms with Crippen LogP contribution in [-0.2, 0) is 27.5 Å². The predicted molar refractivity (Wildman–Crippen MR) is 140 cm³/mol. The summed E-state index contributed by atoms with van der Waals surface area (Å²) in [7, 11) is -3.87. The van der Waals surface area contributed by atoms with E-state index in [1.54, 1.807) is 6.07 Å². The highest BCUT2D eigenvalue weighted by molar-refractivity contribution is 7.85. The van der Waals surface area contributed by atoms with Crippen molar-refractivity contribution in [2.24, 2.45) is 0 Å². The lowest BCUT2D eigenvalue weighted by Gasteiger charge is -2.17. The molecule has 0 fully saturated rings. The van der Waals surface area contributed by atoms with E-state index in [2.05, 4.69) is 47.9 Å². The van der Waals surface area contributed by atoms with Crippen molar-refractivity contribution in [2.45, 2.75) is 45.3 Å². The van der Waals surface area contributed by atoms with Gasteiger partial charge in [0, 0.05) is 19.5 Å². The van der Waals surface area contributed by atoms with Crippen molar-refractivity contribution < 1.29 is 30.9 Å². The number of hydrogen-bond acceptors (Lipinski definition) is 4. The summed E-state index contributed by atoms with van der Waals surface area (Å²) >= 11 is 0. The van der Waals surface area contributed by atoms with E-state index in [4.69, 9.17) is 4.55 Å². The standard InChI is InChI=1S/C22H22F3N.C5H11NO4S/c1-16(20-13-5-10-18-9-2-3-12-21(18)20)26-14-6-8-17-7-4-11-19(15-17)22(23,24)25;1-5(7)6-3-2-4-11(8,9)10/h2-5,7,9-13,15-16,26H,6,8,14H2,1H3;2-4H2,1H3,(H,6,7)(H,8,9,10)/t16-;/m1./s1. The summed E-state index contributed by atoms with van der Waals surface area (Å²) in [5, 5.41) is 8.33. The molecule has 1 atom stereocenters. The van der Waals surface area contributed by atoms with Gasteiger partial charge in [0.25, 0.3) is 10.1 Å². The minimum Gasteiger partial charge on any atom is -0.356 e. The van der Waals surface area contributed by atoms with Crippen LogP contribution >= 0.6 is 0 Å². The second-order valence-electron chi connectivity index (χ2n) is 8.67. The minimum absolute atomic E-state index is 0.183. The van der Waals surface area contributed by atoms with Gasteiger partial charge >= 0.3 is 6.18 Å². The largest absolute Gasteiger partial charge is 0.416 e. The maximum atomic E-state index is 12.8. The van der Waals surface area contributed by atoms with Crippen LogP contribution < -0.4 is 10.6 Å². The molecule has 0 saturated heterocycles. The zero-order valence-corrected chi connectivity index (χ0v) is 21.7. The molecule has 6 nitrogen and oxygen atoms in total. The third kappa shape index (κ3) is 11.3. The lowest BCUT2D eigenvalue weighted by Crippen LogP contribution is -2.22. The molecule has 3 aromatic rings. The summed E-state index contributed by atoms with van der Waals surface area (Å²) < 4.78 is 66.8. The number of carbonyl (C=O) groups excluding carboxylic acids is 1. The van der Waals surface area contributed by atoms with Crippen molar-refractivity contribution in [1.82, 2.24) is 10.6 Å². The van der Waals surface area contributed by atoms with Gasteiger partial charge in [-0.25, -0.2) is 0 Å². The molecule has 10 heteroatoms. The fourth-order valence-electron chi connectivity index (χ4n) is 3.77. The van der Waals surface area contributed by atoms with E-state index in [-0.39, 0.29) is 30.7 Å². The van der Waals surface area contributed by atoms with Crippen LogP contribution in [0.1, 0.15) is 49.4 Å². The van der Waals surface area contributed by atoms with Crippen molar-refractivity contribution in [3.05, 3.63) is 83.4 Å². The van der Waals surface area contributed by atoms with Crippen molar-refractivity contribution in [3.8, 4) is 0 Å². The zero-order chi connectivity index (χ0) is 27.5. The number of carbonyl (C=O) groups is 1. The van der Waals surface area contributed by atoms with Gasteiger partial charge < -0.3 is 10.6 Å². The topological polar surface area (TPSA) is 95.5 Å². The van der Waals surface area contributed by atoms with Crippen LogP contribution in [0, 0.1) is 0 Å². The first-order valence-electron chi connectivity index (χ1n) is 11.9. The van der Waals surface area contributed by atoms with Gasteiger partial charge in [0.1, 0.15) is 0 Å². The Morgan fingerprint density at radius 3 is 2.32 bits per heavy atom. The number of aryl methyl sites for hydroxylation is 1. The third-order valence-corrected chi connectivity index (χ3v) is 6.39. The highest BCUT2D eigenvalue weighted by Gasteiger charge is 2.30. The number of amides is 1. The molecule has 0 aromatic heterocycles. The van der Waals surface area contributed by atoms with E-state index in [1.807, 2.05) is 12.1 Å². The first kappa shape index (κ1) is 30.3. The fourth-order valence-corrected chi connectivity index (χ4v) is 4.28. The monoisotopic (exact) mass is 538 g/mol. The van der Waals surface area contributed by atoms with Crippen LogP contribution in [0.25, 0.3) is 10.8 Å². The van der Waals surface area contributed by atoms with Crippen LogP contribution in [0.5, 0.6) is 0 Å². The summed E-state index contributed by atoms with van der Waals surface area (Å²) in [6.45, 7) is 4.48. The lowest BCUT2D eigenvalue weighted by molar-refractivity contribution is -0.137. The quantitative estimate of drug-likeness (QED) is 0.233. The molecule has 0 bridgehead atoms. The van der Waals surface area contributed by atoms with E-state index >= 15 is 0 Å². The summed E-state index contributed by atoms with van der Waals surface area (Å²) in [4.78, 5) is 10.2. The van der Waals surface area contributed by atoms with Crippen LogP contribution in [0.2, 0.25) is 0 Å². The first-order valence-corrected chi connectivity index (χ1v) is 13.5. The molecule has 0 aliphatic rings. The van der Waals surface area contributed by atoms with Crippen molar-refractivity contribution in [1.29, 1.82) is 0 Å². The Morgan fingerprint density at radius 2 is 1.65 bits per heavy atom. The molecule has 1 amide bonds. The van der Waals surface area contributed by atoms with Crippen molar-refractivity contribution in [3.63, 3.8) is 0 Å². The Kier molecular flexibility index (Phi) is 11.5. The average molecular weight is 539 g/mol. The zero-order valence-electron chi connectivity index (χ0n) is 20.9. The molecule has 0 aliphatic heterocycles. The molecule has 3 N–H and O–H groups in total. The molecule has 0 saturated carbocycles. The summed E-state index contributed by atoms with van der Waals surface area (Å²) in [6, 6.07) is 20.3. The molecule has 0 unspecified atom stereocenters. The van der Waals surface area contributed by atoms with E-state index in [1.165, 1.54) is 35.4 Å². The fraction of sp³-hybridized carbons (Fsp3) is 0.370. The molecule has 3 rings (SSSR count). The number of nitrogens with one attached hydrogen (secondary N) is 2. The predicted octanol–water partition coefficient (Wildman–Crippen LogP) is 5.54. The molecular formula is C27H33F3N2O4S. The molecule has 202 valence electrons. The molecule has 0 spiro atoms. The van der Waals surface area contributed by atoms with Crippen molar-refractivity contribution >= 4 is 26.8 Å². The second kappa shape index (κ2) is 14.1. The molecule has 0 heterocycles.